The number of aromatic amines is 1. The van der Waals surface area contributed by atoms with Crippen LogP contribution in [-0.2, 0) is 4.79 Å². The average Bonchev–Trinajstić information content (AvgIpc) is 3.10. The minimum Gasteiger partial charge on any atom is -0.325 e. The second-order valence-corrected chi connectivity index (χ2v) is 7.23. The van der Waals surface area contributed by atoms with Gasteiger partial charge in [0.05, 0.1) is 11.1 Å². The van der Waals surface area contributed by atoms with Crippen LogP contribution in [0.15, 0.2) is 63.9 Å². The molecule has 2 N–H and O–H groups in total. The van der Waals surface area contributed by atoms with Crippen molar-refractivity contribution in [3.8, 4) is 0 Å². The lowest BCUT2D eigenvalue weighted by atomic mass is 10.1. The Labute approximate surface area is 151 Å². The van der Waals surface area contributed by atoms with Crippen LogP contribution in [0.4, 0.5) is 5.69 Å². The van der Waals surface area contributed by atoms with Crippen LogP contribution in [0.1, 0.15) is 0 Å². The van der Waals surface area contributed by atoms with E-state index in [0.717, 1.165) is 16.5 Å². The van der Waals surface area contributed by atoms with E-state index in [1.54, 1.807) is 6.07 Å². The minimum absolute atomic E-state index is 0.143. The van der Waals surface area contributed by atoms with E-state index in [-0.39, 0.29) is 17.2 Å². The number of carbonyl (C=O) groups excluding carboxylic acids is 1. The molecule has 0 bridgehead atoms. The van der Waals surface area contributed by atoms with Gasteiger partial charge in [-0.15, -0.1) is 11.3 Å². The SMILES string of the molecule is O=C(CSc1nc2sccc2c(=O)[nH]1)Nc1cccc2ccccc12. The zero-order valence-electron chi connectivity index (χ0n) is 13.0. The zero-order valence-corrected chi connectivity index (χ0v) is 14.6. The second-order valence-electron chi connectivity index (χ2n) is 5.37. The van der Waals surface area contributed by atoms with Gasteiger partial charge >= 0.3 is 0 Å². The molecule has 0 fully saturated rings. The summed E-state index contributed by atoms with van der Waals surface area (Å²) in [7, 11) is 0. The summed E-state index contributed by atoms with van der Waals surface area (Å²) in [6, 6.07) is 15.4. The van der Waals surface area contributed by atoms with Gasteiger partial charge in [-0.25, -0.2) is 4.98 Å². The number of benzene rings is 2. The van der Waals surface area contributed by atoms with E-state index in [1.165, 1.54) is 23.1 Å². The van der Waals surface area contributed by atoms with Crippen molar-refractivity contribution in [2.24, 2.45) is 0 Å². The largest absolute Gasteiger partial charge is 0.325 e. The summed E-state index contributed by atoms with van der Waals surface area (Å²) in [6.07, 6.45) is 0. The van der Waals surface area contributed by atoms with Crippen LogP contribution in [0.2, 0.25) is 0 Å². The zero-order chi connectivity index (χ0) is 17.2. The number of rotatable bonds is 4. The highest BCUT2D eigenvalue weighted by molar-refractivity contribution is 7.99. The van der Waals surface area contributed by atoms with E-state index in [1.807, 2.05) is 47.8 Å². The molecule has 2 aromatic heterocycles. The first-order valence-corrected chi connectivity index (χ1v) is 9.45. The van der Waals surface area contributed by atoms with Crippen molar-refractivity contribution in [1.82, 2.24) is 9.97 Å². The summed E-state index contributed by atoms with van der Waals surface area (Å²) in [4.78, 5) is 32.0. The number of nitrogens with one attached hydrogen (secondary N) is 2. The van der Waals surface area contributed by atoms with Crippen molar-refractivity contribution in [3.05, 3.63) is 64.3 Å². The summed E-state index contributed by atoms with van der Waals surface area (Å²) < 4.78 is 0. The number of hydrogen-bond acceptors (Lipinski definition) is 5. The van der Waals surface area contributed by atoms with E-state index in [0.29, 0.717) is 15.4 Å². The molecular formula is C18H13N3O2S2. The monoisotopic (exact) mass is 367 g/mol. The molecule has 0 aliphatic carbocycles. The van der Waals surface area contributed by atoms with Crippen molar-refractivity contribution in [2.75, 3.05) is 11.1 Å². The van der Waals surface area contributed by atoms with Gasteiger partial charge in [-0.3, -0.25) is 9.59 Å². The summed E-state index contributed by atoms with van der Waals surface area (Å²) in [5.74, 6) is 0.0264. The van der Waals surface area contributed by atoms with Crippen LogP contribution in [0.25, 0.3) is 21.0 Å². The van der Waals surface area contributed by atoms with Crippen LogP contribution in [0.5, 0.6) is 0 Å². The predicted octanol–water partition coefficient (Wildman–Crippen LogP) is 3.87. The number of aromatic nitrogens is 2. The molecule has 0 atom stereocenters. The Morgan fingerprint density at radius 2 is 1.96 bits per heavy atom. The molecule has 0 saturated carbocycles. The molecule has 7 heteroatoms. The molecule has 0 aliphatic rings. The highest BCUT2D eigenvalue weighted by atomic mass is 32.2. The fraction of sp³-hybridized carbons (Fsp3) is 0.0556. The van der Waals surface area contributed by atoms with Crippen molar-refractivity contribution in [1.29, 1.82) is 0 Å². The van der Waals surface area contributed by atoms with Crippen molar-refractivity contribution < 1.29 is 4.79 Å². The smallest absolute Gasteiger partial charge is 0.260 e. The van der Waals surface area contributed by atoms with Crippen LogP contribution < -0.4 is 10.9 Å². The first kappa shape index (κ1) is 15.9. The van der Waals surface area contributed by atoms with Crippen molar-refractivity contribution in [2.45, 2.75) is 5.16 Å². The van der Waals surface area contributed by atoms with Crippen molar-refractivity contribution >= 4 is 55.7 Å². The summed E-state index contributed by atoms with van der Waals surface area (Å²) >= 11 is 2.62. The van der Waals surface area contributed by atoms with Crippen LogP contribution in [-0.4, -0.2) is 21.6 Å². The number of fused-ring (bicyclic) bond motifs is 2. The molecule has 0 spiro atoms. The Bertz CT molecular complexity index is 1130. The van der Waals surface area contributed by atoms with E-state index < -0.39 is 0 Å². The standard InChI is InChI=1S/C18H13N3O2S2/c22-15(19-14-7-3-5-11-4-1-2-6-12(11)14)10-25-18-20-16(23)13-8-9-24-17(13)21-18/h1-9H,10H2,(H,19,22)(H,20,21,23). The highest BCUT2D eigenvalue weighted by Gasteiger charge is 2.09. The van der Waals surface area contributed by atoms with E-state index in [9.17, 15) is 9.59 Å². The second kappa shape index (κ2) is 6.70. The summed E-state index contributed by atoms with van der Waals surface area (Å²) in [5, 5.41) is 7.85. The van der Waals surface area contributed by atoms with Crippen LogP contribution in [0, 0.1) is 0 Å². The number of nitrogens with zero attached hydrogens (tertiary/aromatic N) is 1. The van der Waals surface area contributed by atoms with Gasteiger partial charge in [-0.2, -0.15) is 0 Å². The van der Waals surface area contributed by atoms with E-state index in [4.69, 9.17) is 0 Å². The maximum Gasteiger partial charge on any atom is 0.260 e. The van der Waals surface area contributed by atoms with Gasteiger partial charge in [0.1, 0.15) is 4.83 Å². The molecule has 0 radical (unpaired) electrons. The first-order valence-electron chi connectivity index (χ1n) is 7.59. The fourth-order valence-corrected chi connectivity index (χ4v) is 4.05. The minimum atomic E-state index is -0.178. The molecule has 4 aromatic rings. The third-order valence-corrected chi connectivity index (χ3v) is 5.40. The molecule has 4 rings (SSSR count). The first-order chi connectivity index (χ1) is 12.2. The molecule has 0 saturated heterocycles. The number of anilines is 1. The Morgan fingerprint density at radius 1 is 1.12 bits per heavy atom. The highest BCUT2D eigenvalue weighted by Crippen LogP contribution is 2.24. The lowest BCUT2D eigenvalue weighted by Crippen LogP contribution is -2.15. The molecule has 0 aliphatic heterocycles. The fourth-order valence-electron chi connectivity index (χ4n) is 2.57. The van der Waals surface area contributed by atoms with Crippen LogP contribution in [0.3, 0.4) is 0 Å². The number of amides is 1. The van der Waals surface area contributed by atoms with Gasteiger partial charge in [0.25, 0.3) is 5.56 Å². The Morgan fingerprint density at radius 3 is 2.88 bits per heavy atom. The van der Waals surface area contributed by atoms with Crippen molar-refractivity contribution in [3.63, 3.8) is 0 Å². The maximum absolute atomic E-state index is 12.3. The van der Waals surface area contributed by atoms with Crippen LogP contribution >= 0.6 is 23.1 Å². The van der Waals surface area contributed by atoms with Gasteiger partial charge < -0.3 is 10.3 Å². The van der Waals surface area contributed by atoms with E-state index in [2.05, 4.69) is 15.3 Å². The molecule has 2 heterocycles. The third-order valence-electron chi connectivity index (χ3n) is 3.72. The van der Waals surface area contributed by atoms with Gasteiger partial charge in [0, 0.05) is 11.1 Å². The van der Waals surface area contributed by atoms with Gasteiger partial charge in [0.15, 0.2) is 5.16 Å². The van der Waals surface area contributed by atoms with Gasteiger partial charge in [-0.1, -0.05) is 48.2 Å². The summed E-state index contributed by atoms with van der Waals surface area (Å²) in [6.45, 7) is 0. The number of thioether (sulfide) groups is 1. The number of H-pyrrole nitrogens is 1. The molecule has 2 aromatic carbocycles. The average molecular weight is 367 g/mol. The normalized spacial score (nSPS) is 11.0. The molecule has 0 unspecified atom stereocenters. The third kappa shape index (κ3) is 3.29. The van der Waals surface area contributed by atoms with E-state index >= 15 is 0 Å². The lowest BCUT2D eigenvalue weighted by Gasteiger charge is -2.08. The summed E-state index contributed by atoms with van der Waals surface area (Å²) in [5.41, 5.74) is 0.599. The number of carbonyl (C=O) groups is 1. The topological polar surface area (TPSA) is 74.8 Å². The van der Waals surface area contributed by atoms with Gasteiger partial charge in [-0.05, 0) is 22.9 Å². The molecule has 124 valence electrons. The maximum atomic E-state index is 12.3. The Kier molecular flexibility index (Phi) is 4.25. The molecule has 5 nitrogen and oxygen atoms in total. The van der Waals surface area contributed by atoms with Gasteiger partial charge in [0.2, 0.25) is 5.91 Å². The number of thiophene rings is 1. The lowest BCUT2D eigenvalue weighted by molar-refractivity contribution is -0.113. The number of hydrogen-bond donors (Lipinski definition) is 2. The molecular weight excluding hydrogens is 354 g/mol. The predicted molar refractivity (Wildman–Crippen MR) is 104 cm³/mol. The Balaban J connectivity index is 1.49. The molecule has 25 heavy (non-hydrogen) atoms. The Hall–Kier alpha value is -2.64. The quantitative estimate of drug-likeness (QED) is 0.424. The molecule has 1 amide bonds.